The number of aliphatic hydroxyl groups excluding tert-OH is 1. The SMILES string of the molecule is CC1(C)c2c(ccc3ccccc23)N(CCCCCC(=O)O)C1/C=C/C1=C(Cl)C(=C/C=C2/C=CN(CCO)c3ccccc32)/CCC1. The number of para-hydroxylation sites is 1. The van der Waals surface area contributed by atoms with E-state index in [0.717, 1.165) is 66.1 Å². The molecule has 6 heteroatoms. The van der Waals surface area contributed by atoms with E-state index in [1.165, 1.54) is 27.6 Å². The van der Waals surface area contributed by atoms with E-state index >= 15 is 0 Å². The molecule has 0 spiro atoms. The summed E-state index contributed by atoms with van der Waals surface area (Å²) in [7, 11) is 0. The molecule has 0 radical (unpaired) electrons. The number of rotatable bonds is 11. The summed E-state index contributed by atoms with van der Waals surface area (Å²) in [5, 5.41) is 22.0. The number of hydrogen-bond acceptors (Lipinski definition) is 4. The van der Waals surface area contributed by atoms with E-state index in [1.54, 1.807) is 0 Å². The molecular formula is C41H45ClN2O3. The number of aliphatic carboxylic acids is 1. The molecule has 2 aliphatic heterocycles. The van der Waals surface area contributed by atoms with Crippen LogP contribution < -0.4 is 9.80 Å². The summed E-state index contributed by atoms with van der Waals surface area (Å²) >= 11 is 7.15. The molecule has 3 aromatic rings. The standard InChI is InChI=1S/C41H45ClN2O3/c1-41(2)37(44(25-9-3-4-17-38(46)47)36-22-20-29-11-5-6-15-34(29)39(36)41)23-21-32-13-10-12-31(40(32)42)19-18-30-24-26-43(27-28-45)35-16-8-7-14-33(30)35/h5-8,11,14-16,18-24,26,37,45H,3-4,9-10,12-13,17,25,27-28H2,1-2H3,(H,46,47)/b23-21+,30-18-,31-19+. The van der Waals surface area contributed by atoms with Crippen molar-refractivity contribution >= 4 is 45.3 Å². The summed E-state index contributed by atoms with van der Waals surface area (Å²) in [4.78, 5) is 15.7. The van der Waals surface area contributed by atoms with Crippen LogP contribution in [0.1, 0.15) is 69.9 Å². The third kappa shape index (κ3) is 6.83. The fraction of sp³-hybridized carbons (Fsp3) is 0.341. The highest BCUT2D eigenvalue weighted by Crippen LogP contribution is 2.49. The third-order valence-corrected chi connectivity index (χ3v) is 10.4. The van der Waals surface area contributed by atoms with Gasteiger partial charge in [-0.3, -0.25) is 4.79 Å². The largest absolute Gasteiger partial charge is 0.481 e. The van der Waals surface area contributed by atoms with E-state index in [2.05, 4.69) is 109 Å². The first kappa shape index (κ1) is 32.9. The highest BCUT2D eigenvalue weighted by Gasteiger charge is 2.44. The van der Waals surface area contributed by atoms with Crippen LogP contribution in [0.25, 0.3) is 16.3 Å². The molecule has 3 aromatic carbocycles. The molecular weight excluding hydrogens is 604 g/mol. The van der Waals surface area contributed by atoms with Crippen molar-refractivity contribution < 1.29 is 15.0 Å². The smallest absolute Gasteiger partial charge is 0.303 e. The zero-order valence-corrected chi connectivity index (χ0v) is 28.2. The van der Waals surface area contributed by atoms with Crippen molar-refractivity contribution in [2.24, 2.45) is 0 Å². The van der Waals surface area contributed by atoms with E-state index in [9.17, 15) is 9.90 Å². The van der Waals surface area contributed by atoms with Crippen LogP contribution in [0.15, 0.2) is 113 Å². The number of halogens is 1. The zero-order valence-electron chi connectivity index (χ0n) is 27.5. The fourth-order valence-corrected chi connectivity index (χ4v) is 7.88. The maximum absolute atomic E-state index is 11.1. The molecule has 47 heavy (non-hydrogen) atoms. The number of carboxylic acid groups (broad SMARTS) is 1. The number of aliphatic hydroxyl groups is 1. The Morgan fingerprint density at radius 1 is 0.957 bits per heavy atom. The van der Waals surface area contributed by atoms with Gasteiger partial charge in [0.25, 0.3) is 0 Å². The molecule has 0 bridgehead atoms. The van der Waals surface area contributed by atoms with Crippen LogP contribution >= 0.6 is 11.6 Å². The van der Waals surface area contributed by atoms with Crippen molar-refractivity contribution in [1.29, 1.82) is 0 Å². The van der Waals surface area contributed by atoms with Crippen molar-refractivity contribution in [2.45, 2.75) is 70.3 Å². The van der Waals surface area contributed by atoms with Gasteiger partial charge >= 0.3 is 5.97 Å². The molecule has 1 aliphatic carbocycles. The second-order valence-corrected chi connectivity index (χ2v) is 13.7. The van der Waals surface area contributed by atoms with Crippen LogP contribution in [0, 0.1) is 0 Å². The van der Waals surface area contributed by atoms with Crippen molar-refractivity contribution in [1.82, 2.24) is 0 Å². The summed E-state index contributed by atoms with van der Waals surface area (Å²) in [6, 6.07) is 21.6. The minimum absolute atomic E-state index is 0.101. The van der Waals surface area contributed by atoms with Crippen LogP contribution in [-0.2, 0) is 10.2 Å². The number of anilines is 2. The Morgan fingerprint density at radius 3 is 2.60 bits per heavy atom. The van der Waals surface area contributed by atoms with Crippen molar-refractivity contribution in [3.05, 3.63) is 125 Å². The Kier molecular flexibility index (Phi) is 10.0. The molecule has 6 rings (SSSR count). The minimum atomic E-state index is -0.725. The highest BCUT2D eigenvalue weighted by molar-refractivity contribution is 6.32. The van der Waals surface area contributed by atoms with Crippen LogP contribution in [0.4, 0.5) is 11.4 Å². The first-order valence-electron chi connectivity index (χ1n) is 16.9. The summed E-state index contributed by atoms with van der Waals surface area (Å²) in [6.07, 6.45) is 18.8. The van der Waals surface area contributed by atoms with Gasteiger partial charge in [-0.05, 0) is 83.4 Å². The lowest BCUT2D eigenvalue weighted by Crippen LogP contribution is -2.40. The van der Waals surface area contributed by atoms with E-state index in [0.29, 0.717) is 13.0 Å². The van der Waals surface area contributed by atoms with E-state index in [1.807, 2.05) is 12.3 Å². The summed E-state index contributed by atoms with van der Waals surface area (Å²) in [5.41, 5.74) is 8.23. The molecule has 0 saturated heterocycles. The molecule has 0 saturated carbocycles. The average Bonchev–Trinajstić information content (AvgIpc) is 3.29. The van der Waals surface area contributed by atoms with Crippen LogP contribution in [0.5, 0.6) is 0 Å². The molecule has 5 nitrogen and oxygen atoms in total. The van der Waals surface area contributed by atoms with E-state index < -0.39 is 5.97 Å². The Labute approximate surface area is 283 Å². The molecule has 3 aliphatic rings. The topological polar surface area (TPSA) is 64.0 Å². The van der Waals surface area contributed by atoms with Crippen LogP contribution in [0.2, 0.25) is 0 Å². The van der Waals surface area contributed by atoms with E-state index in [-0.39, 0.29) is 24.5 Å². The van der Waals surface area contributed by atoms with Gasteiger partial charge in [0.2, 0.25) is 0 Å². The number of fused-ring (bicyclic) bond motifs is 4. The Morgan fingerprint density at radius 2 is 1.77 bits per heavy atom. The first-order valence-corrected chi connectivity index (χ1v) is 17.3. The number of β-amino-alcohol motifs (C(OH)–C–C–N with tert-alkyl or cyclic N) is 1. The normalized spacial score (nSPS) is 20.6. The van der Waals surface area contributed by atoms with Crippen molar-refractivity contribution in [3.63, 3.8) is 0 Å². The highest BCUT2D eigenvalue weighted by atomic mass is 35.5. The molecule has 244 valence electrons. The summed E-state index contributed by atoms with van der Waals surface area (Å²) in [5.74, 6) is -0.725. The number of carboxylic acids is 1. The third-order valence-electron chi connectivity index (χ3n) is 9.92. The number of unbranched alkanes of at least 4 members (excludes halogenated alkanes) is 2. The van der Waals surface area contributed by atoms with Gasteiger partial charge in [0, 0.05) is 53.1 Å². The minimum Gasteiger partial charge on any atom is -0.481 e. The monoisotopic (exact) mass is 648 g/mol. The molecule has 1 atom stereocenters. The quantitative estimate of drug-likeness (QED) is 0.203. The Bertz CT molecular complexity index is 1800. The predicted molar refractivity (Wildman–Crippen MR) is 196 cm³/mol. The molecule has 2 N–H and O–H groups in total. The van der Waals surface area contributed by atoms with Gasteiger partial charge < -0.3 is 20.0 Å². The average molecular weight is 649 g/mol. The zero-order chi connectivity index (χ0) is 33.0. The first-order chi connectivity index (χ1) is 22.8. The van der Waals surface area contributed by atoms with Gasteiger partial charge in [-0.2, -0.15) is 0 Å². The second kappa shape index (κ2) is 14.4. The lowest BCUT2D eigenvalue weighted by molar-refractivity contribution is -0.137. The predicted octanol–water partition coefficient (Wildman–Crippen LogP) is 9.52. The molecule has 1 unspecified atom stereocenters. The lowest BCUT2D eigenvalue weighted by Gasteiger charge is -2.33. The van der Waals surface area contributed by atoms with Gasteiger partial charge in [-0.1, -0.05) is 105 Å². The van der Waals surface area contributed by atoms with Crippen LogP contribution in [-0.4, -0.2) is 41.9 Å². The maximum Gasteiger partial charge on any atom is 0.303 e. The number of allylic oxidation sites excluding steroid dienone is 8. The van der Waals surface area contributed by atoms with Crippen LogP contribution in [0.3, 0.4) is 0 Å². The number of nitrogens with zero attached hydrogens (tertiary/aromatic N) is 2. The van der Waals surface area contributed by atoms with Gasteiger partial charge in [0.05, 0.1) is 12.6 Å². The van der Waals surface area contributed by atoms with Crippen molar-refractivity contribution in [2.75, 3.05) is 29.5 Å². The Hall–Kier alpha value is -4.06. The second-order valence-electron chi connectivity index (χ2n) is 13.4. The summed E-state index contributed by atoms with van der Waals surface area (Å²) < 4.78 is 0. The lowest BCUT2D eigenvalue weighted by atomic mass is 9.78. The summed E-state index contributed by atoms with van der Waals surface area (Å²) in [6.45, 7) is 6.24. The molecule has 0 amide bonds. The van der Waals surface area contributed by atoms with Gasteiger partial charge in [-0.15, -0.1) is 0 Å². The maximum atomic E-state index is 11.1. The van der Waals surface area contributed by atoms with Gasteiger partial charge in [-0.25, -0.2) is 0 Å². The van der Waals surface area contributed by atoms with Gasteiger partial charge in [0.1, 0.15) is 0 Å². The Balaban J connectivity index is 1.29. The molecule has 0 fully saturated rings. The number of carbonyl (C=O) groups is 1. The fourth-order valence-electron chi connectivity index (χ4n) is 7.57. The molecule has 2 heterocycles. The van der Waals surface area contributed by atoms with Gasteiger partial charge in [0.15, 0.2) is 0 Å². The number of benzene rings is 3. The number of hydrogen-bond donors (Lipinski definition) is 2. The van der Waals surface area contributed by atoms with E-state index in [4.69, 9.17) is 16.7 Å². The van der Waals surface area contributed by atoms with Crippen molar-refractivity contribution in [3.8, 4) is 0 Å². The molecule has 0 aromatic heterocycles.